The third-order valence-corrected chi connectivity index (χ3v) is 4.09. The number of hydrogen-bond donors (Lipinski definition) is 1. The SMILES string of the molecule is COc1cc(OC)c(C(=O)NCCc2ccc3c(c2)OCO3)cc1OC. The number of ether oxygens (including phenoxy) is 5. The maximum Gasteiger partial charge on any atom is 0.255 e. The molecule has 0 spiro atoms. The Hall–Kier alpha value is -3.09. The second kappa shape index (κ2) is 7.86. The molecule has 7 heteroatoms. The van der Waals surface area contributed by atoms with Gasteiger partial charge in [-0.15, -0.1) is 0 Å². The summed E-state index contributed by atoms with van der Waals surface area (Å²) in [5, 5.41) is 2.89. The van der Waals surface area contributed by atoms with E-state index in [0.717, 1.165) is 17.1 Å². The van der Waals surface area contributed by atoms with Crippen LogP contribution in [0, 0.1) is 0 Å². The predicted octanol–water partition coefficient (Wildman–Crippen LogP) is 2.41. The normalized spacial score (nSPS) is 11.8. The van der Waals surface area contributed by atoms with Gasteiger partial charge in [-0.2, -0.15) is 0 Å². The first-order chi connectivity index (χ1) is 12.7. The summed E-state index contributed by atoms with van der Waals surface area (Å²) in [5.74, 6) is 2.62. The standard InChI is InChI=1S/C19H21NO6/c1-22-15-10-17(24-3)16(23-2)9-13(15)19(21)20-7-6-12-4-5-14-18(8-12)26-11-25-14/h4-5,8-10H,6-7,11H2,1-3H3,(H,20,21). The summed E-state index contributed by atoms with van der Waals surface area (Å²) < 4.78 is 26.4. The van der Waals surface area contributed by atoms with Crippen LogP contribution in [0.4, 0.5) is 0 Å². The summed E-state index contributed by atoms with van der Waals surface area (Å²) in [4.78, 5) is 12.5. The lowest BCUT2D eigenvalue weighted by molar-refractivity contribution is 0.0950. The summed E-state index contributed by atoms with van der Waals surface area (Å²) >= 11 is 0. The van der Waals surface area contributed by atoms with Gasteiger partial charge >= 0.3 is 0 Å². The van der Waals surface area contributed by atoms with E-state index < -0.39 is 0 Å². The molecule has 0 radical (unpaired) electrons. The van der Waals surface area contributed by atoms with Gasteiger partial charge in [0.15, 0.2) is 23.0 Å². The molecule has 1 aliphatic heterocycles. The summed E-state index contributed by atoms with van der Waals surface area (Å²) in [5.41, 5.74) is 1.43. The molecular formula is C19H21NO6. The molecule has 138 valence electrons. The number of carbonyl (C=O) groups is 1. The van der Waals surface area contributed by atoms with E-state index in [-0.39, 0.29) is 12.7 Å². The summed E-state index contributed by atoms with van der Waals surface area (Å²) in [6.07, 6.45) is 0.665. The van der Waals surface area contributed by atoms with Crippen LogP contribution in [-0.2, 0) is 6.42 Å². The maximum absolute atomic E-state index is 12.5. The van der Waals surface area contributed by atoms with Crippen molar-refractivity contribution in [2.45, 2.75) is 6.42 Å². The molecule has 0 fully saturated rings. The molecule has 3 rings (SSSR count). The molecular weight excluding hydrogens is 338 g/mol. The maximum atomic E-state index is 12.5. The predicted molar refractivity (Wildman–Crippen MR) is 94.7 cm³/mol. The van der Waals surface area contributed by atoms with Gasteiger partial charge in [-0.3, -0.25) is 4.79 Å². The van der Waals surface area contributed by atoms with Crippen LogP contribution in [0.15, 0.2) is 30.3 Å². The average Bonchev–Trinajstić information content (AvgIpc) is 3.14. The number of rotatable bonds is 7. The molecule has 0 unspecified atom stereocenters. The number of hydrogen-bond acceptors (Lipinski definition) is 6. The Balaban J connectivity index is 1.66. The van der Waals surface area contributed by atoms with Crippen LogP contribution in [0.2, 0.25) is 0 Å². The number of amides is 1. The zero-order valence-corrected chi connectivity index (χ0v) is 15.0. The van der Waals surface area contributed by atoms with E-state index in [1.165, 1.54) is 21.3 Å². The highest BCUT2D eigenvalue weighted by Gasteiger charge is 2.18. The average molecular weight is 359 g/mol. The molecule has 1 N–H and O–H groups in total. The van der Waals surface area contributed by atoms with Crippen molar-refractivity contribution < 1.29 is 28.5 Å². The van der Waals surface area contributed by atoms with Crippen molar-refractivity contribution in [1.29, 1.82) is 0 Å². The molecule has 2 aromatic rings. The molecule has 7 nitrogen and oxygen atoms in total. The molecule has 1 heterocycles. The Morgan fingerprint density at radius 3 is 2.38 bits per heavy atom. The molecule has 0 bridgehead atoms. The van der Waals surface area contributed by atoms with Crippen LogP contribution >= 0.6 is 0 Å². The number of fused-ring (bicyclic) bond motifs is 1. The van der Waals surface area contributed by atoms with Gasteiger partial charge in [0.2, 0.25) is 6.79 Å². The lowest BCUT2D eigenvalue weighted by Crippen LogP contribution is -2.26. The lowest BCUT2D eigenvalue weighted by Gasteiger charge is -2.14. The minimum Gasteiger partial charge on any atom is -0.496 e. The van der Waals surface area contributed by atoms with Gasteiger partial charge in [-0.05, 0) is 24.1 Å². The Bertz CT molecular complexity index is 805. The van der Waals surface area contributed by atoms with Gasteiger partial charge in [-0.1, -0.05) is 6.07 Å². The van der Waals surface area contributed by atoms with Crippen LogP contribution in [0.25, 0.3) is 0 Å². The Kier molecular flexibility index (Phi) is 5.36. The highest BCUT2D eigenvalue weighted by molar-refractivity contribution is 5.97. The number of benzene rings is 2. The van der Waals surface area contributed by atoms with Gasteiger partial charge in [0.25, 0.3) is 5.91 Å². The minimum absolute atomic E-state index is 0.245. The van der Waals surface area contributed by atoms with Crippen LogP contribution in [-0.4, -0.2) is 40.6 Å². The van der Waals surface area contributed by atoms with Crippen molar-refractivity contribution in [3.8, 4) is 28.7 Å². The van der Waals surface area contributed by atoms with Gasteiger partial charge in [0.05, 0.1) is 26.9 Å². The van der Waals surface area contributed by atoms with Crippen LogP contribution in [0.5, 0.6) is 28.7 Å². The Labute approximate surface area is 151 Å². The summed E-state index contributed by atoms with van der Waals surface area (Å²) in [6.45, 7) is 0.713. The topological polar surface area (TPSA) is 75.3 Å². The van der Waals surface area contributed by atoms with E-state index >= 15 is 0 Å². The van der Waals surface area contributed by atoms with E-state index in [2.05, 4.69) is 5.32 Å². The number of nitrogens with one attached hydrogen (secondary N) is 1. The quantitative estimate of drug-likeness (QED) is 0.818. The monoisotopic (exact) mass is 359 g/mol. The molecule has 0 saturated heterocycles. The molecule has 0 saturated carbocycles. The molecule has 2 aromatic carbocycles. The molecule has 1 amide bonds. The van der Waals surface area contributed by atoms with Crippen LogP contribution in [0.1, 0.15) is 15.9 Å². The number of carbonyl (C=O) groups excluding carboxylic acids is 1. The molecule has 0 aliphatic carbocycles. The van der Waals surface area contributed by atoms with Crippen molar-refractivity contribution in [2.24, 2.45) is 0 Å². The fraction of sp³-hybridized carbons (Fsp3) is 0.316. The first kappa shape index (κ1) is 17.7. The van der Waals surface area contributed by atoms with Gasteiger partial charge in [0.1, 0.15) is 5.75 Å². The first-order valence-corrected chi connectivity index (χ1v) is 8.13. The summed E-state index contributed by atoms with van der Waals surface area (Å²) in [6, 6.07) is 8.98. The second-order valence-corrected chi connectivity index (χ2v) is 5.60. The van der Waals surface area contributed by atoms with Crippen molar-refractivity contribution in [3.63, 3.8) is 0 Å². The second-order valence-electron chi connectivity index (χ2n) is 5.60. The van der Waals surface area contributed by atoms with Crippen LogP contribution in [0.3, 0.4) is 0 Å². The third kappa shape index (κ3) is 3.61. The lowest BCUT2D eigenvalue weighted by atomic mass is 10.1. The van der Waals surface area contributed by atoms with Gasteiger partial charge in [-0.25, -0.2) is 0 Å². The molecule has 0 aromatic heterocycles. The number of methoxy groups -OCH3 is 3. The van der Waals surface area contributed by atoms with Crippen molar-refractivity contribution in [1.82, 2.24) is 5.32 Å². The van der Waals surface area contributed by atoms with Crippen LogP contribution < -0.4 is 29.0 Å². The first-order valence-electron chi connectivity index (χ1n) is 8.13. The molecule has 1 aliphatic rings. The zero-order valence-electron chi connectivity index (χ0n) is 15.0. The molecule has 0 atom stereocenters. The fourth-order valence-corrected chi connectivity index (χ4v) is 2.72. The summed E-state index contributed by atoms with van der Waals surface area (Å²) in [7, 11) is 4.55. The van der Waals surface area contributed by atoms with E-state index in [0.29, 0.717) is 35.8 Å². The smallest absolute Gasteiger partial charge is 0.255 e. The fourth-order valence-electron chi connectivity index (χ4n) is 2.72. The van der Waals surface area contributed by atoms with E-state index in [4.69, 9.17) is 23.7 Å². The third-order valence-electron chi connectivity index (χ3n) is 4.09. The van der Waals surface area contributed by atoms with Crippen molar-refractivity contribution in [2.75, 3.05) is 34.7 Å². The van der Waals surface area contributed by atoms with E-state index in [1.54, 1.807) is 12.1 Å². The minimum atomic E-state index is -0.247. The highest BCUT2D eigenvalue weighted by Crippen LogP contribution is 2.35. The van der Waals surface area contributed by atoms with Crippen molar-refractivity contribution in [3.05, 3.63) is 41.5 Å². The Morgan fingerprint density at radius 1 is 0.962 bits per heavy atom. The van der Waals surface area contributed by atoms with E-state index in [9.17, 15) is 4.79 Å². The Morgan fingerprint density at radius 2 is 1.65 bits per heavy atom. The van der Waals surface area contributed by atoms with Gasteiger partial charge in [0, 0.05) is 18.7 Å². The molecule has 26 heavy (non-hydrogen) atoms. The zero-order chi connectivity index (χ0) is 18.5. The largest absolute Gasteiger partial charge is 0.496 e. The van der Waals surface area contributed by atoms with Gasteiger partial charge < -0.3 is 29.0 Å². The highest BCUT2D eigenvalue weighted by atomic mass is 16.7. The van der Waals surface area contributed by atoms with Crippen molar-refractivity contribution >= 4 is 5.91 Å². The van der Waals surface area contributed by atoms with E-state index in [1.807, 2.05) is 18.2 Å².